The van der Waals surface area contributed by atoms with Gasteiger partial charge in [-0.3, -0.25) is 8.98 Å². The molecule has 11 heteroatoms. The first-order valence-electron chi connectivity index (χ1n) is 26.4. The highest BCUT2D eigenvalue weighted by Gasteiger charge is 2.38. The van der Waals surface area contributed by atoms with Gasteiger partial charge in [-0.05, 0) is 111 Å². The number of rotatable bonds is 34. The van der Waals surface area contributed by atoms with Gasteiger partial charge in [0.1, 0.15) is 5.54 Å². The topological polar surface area (TPSA) is 133 Å². The van der Waals surface area contributed by atoms with Crippen molar-refractivity contribution in [3.63, 3.8) is 0 Å². The van der Waals surface area contributed by atoms with E-state index in [0.717, 1.165) is 31.1 Å². The molecule has 0 radical (unpaired) electrons. The summed E-state index contributed by atoms with van der Waals surface area (Å²) in [6.07, 6.45) is 32.6. The second-order valence-corrected chi connectivity index (χ2v) is 20.9. The monoisotopic (exact) mass is 1090 g/mol. The molecule has 9 nitrogen and oxygen atoms in total. The van der Waals surface area contributed by atoms with Gasteiger partial charge in [-0.2, -0.15) is 18.0 Å². The average molecular weight is 1090 g/mol. The largest absolute Gasteiger partial charge is 0.464 e. The summed E-state index contributed by atoms with van der Waals surface area (Å²) in [6.45, 7) is 12.4. The van der Waals surface area contributed by atoms with Crippen LogP contribution in [-0.2, 0) is 76.7 Å². The zero-order valence-corrected chi connectivity index (χ0v) is 47.0. The number of carbonyl (C=O) groups excluding carboxylic acids is 4. The van der Waals surface area contributed by atoms with Gasteiger partial charge in [-0.25, -0.2) is 4.79 Å². The fourth-order valence-corrected chi connectivity index (χ4v) is 8.96. The lowest BCUT2D eigenvalue weighted by atomic mass is 9.88. The number of ether oxygens (including phenoxy) is 1. The molecule has 3 rings (SSSR count). The maximum atomic E-state index is 12.5. The summed E-state index contributed by atoms with van der Waals surface area (Å²) in [4.78, 5) is 40.4. The summed E-state index contributed by atoms with van der Waals surface area (Å²) >= 11 is 2.44. The molecule has 0 saturated carbocycles. The lowest BCUT2D eigenvalue weighted by molar-refractivity contribution is -0.191. The van der Waals surface area contributed by atoms with Crippen LogP contribution in [0, 0.1) is 0 Å². The van der Waals surface area contributed by atoms with Crippen LogP contribution in [0.1, 0.15) is 203 Å². The van der Waals surface area contributed by atoms with Crippen molar-refractivity contribution in [3.05, 3.63) is 106 Å². The molecule has 1 N–H and O–H groups in total. The highest BCUT2D eigenvalue weighted by atomic mass is 127. The third-order valence-electron chi connectivity index (χ3n) is 12.1. The molecule has 0 heterocycles. The lowest BCUT2D eigenvalue weighted by Gasteiger charge is -2.31. The number of benzene rings is 3. The van der Waals surface area contributed by atoms with E-state index in [1.807, 2.05) is 6.92 Å². The Balaban J connectivity index is 0.00000100. The molecule has 0 bridgehead atoms. The number of halogens is 1. The van der Waals surface area contributed by atoms with Gasteiger partial charge >= 0.3 is 12.1 Å². The van der Waals surface area contributed by atoms with Crippen molar-refractivity contribution in [1.82, 2.24) is 5.32 Å². The number of alkyl halides is 1. The van der Waals surface area contributed by atoms with Gasteiger partial charge < -0.3 is 10.1 Å². The molecule has 1 amide bonds. The van der Waals surface area contributed by atoms with E-state index in [1.54, 1.807) is 6.92 Å². The predicted octanol–water partition coefficient (Wildman–Crippen LogP) is 14.5. The molecule has 0 aliphatic rings. The van der Waals surface area contributed by atoms with Crippen LogP contribution in [0.3, 0.4) is 0 Å². The SMILES string of the molecule is CCCCCCCCc1ccc(CCC(CC)(NC(C)=O)C(=O)OCC)cc1.CCCCCCCCc1ccc(CCI)cc1.CCCCCCCCc1ccc(CCOS(C)(=O)=O)cc1.O=C=O. The van der Waals surface area contributed by atoms with Gasteiger partial charge in [-0.15, -0.1) is 0 Å². The van der Waals surface area contributed by atoms with Gasteiger partial charge in [0.2, 0.25) is 5.91 Å². The quantitative estimate of drug-likeness (QED) is 0.0206. The molecule has 0 aliphatic heterocycles. The molecule has 390 valence electrons. The molecular weight excluding hydrogens is 998 g/mol. The van der Waals surface area contributed by atoms with E-state index in [1.165, 1.54) is 168 Å². The van der Waals surface area contributed by atoms with Crippen LogP contribution in [0.5, 0.6) is 0 Å². The van der Waals surface area contributed by atoms with Crippen LogP contribution in [0.2, 0.25) is 0 Å². The molecule has 0 saturated heterocycles. The van der Waals surface area contributed by atoms with Crippen molar-refractivity contribution in [1.29, 1.82) is 0 Å². The Morgan fingerprint density at radius 2 is 0.855 bits per heavy atom. The predicted molar refractivity (Wildman–Crippen MR) is 294 cm³/mol. The zero-order valence-electron chi connectivity index (χ0n) is 44.0. The van der Waals surface area contributed by atoms with Gasteiger partial charge in [0.25, 0.3) is 10.1 Å². The number of esters is 1. The number of nitrogens with one attached hydrogen (secondary N) is 1. The summed E-state index contributed by atoms with van der Waals surface area (Å²) < 4.78 is 32.9. The molecule has 0 spiro atoms. The van der Waals surface area contributed by atoms with Crippen LogP contribution in [-0.4, -0.2) is 55.9 Å². The van der Waals surface area contributed by atoms with Gasteiger partial charge in [0.05, 0.1) is 19.5 Å². The molecular formula is C58H92INO8S. The normalized spacial score (nSPS) is 11.6. The molecule has 69 heavy (non-hydrogen) atoms. The number of aryl methyl sites for hydroxylation is 5. The standard InChI is InChI=1S/C24H39NO3.C17H28O3S.C16H25I.CO2/c1-5-8-9-10-11-12-13-21-14-16-22(17-15-21)18-19-24(6-2,25-20(4)26)23(27)28-7-3;1-3-4-5-6-7-8-9-16-10-12-17(13-11-16)14-15-20-21(2,18)19;1-2-3-4-5-6-7-8-15-9-11-16(12-10-15)13-14-17;2-1-3/h14-17H,5-13,18-19H2,1-4H3,(H,25,26);10-13H,3-9,14-15H2,1-2H3;9-12H,2-8,13-14H2,1H3;. The Bertz CT molecular complexity index is 1850. The maximum absolute atomic E-state index is 12.5. The molecule has 0 aromatic heterocycles. The number of carbonyl (C=O) groups is 2. The highest BCUT2D eigenvalue weighted by Crippen LogP contribution is 2.22. The minimum Gasteiger partial charge on any atom is -0.464 e. The van der Waals surface area contributed by atoms with Crippen LogP contribution in [0.25, 0.3) is 0 Å². The van der Waals surface area contributed by atoms with E-state index in [2.05, 4.69) is 121 Å². The van der Waals surface area contributed by atoms with Gasteiger partial charge in [-0.1, -0.05) is 219 Å². The van der Waals surface area contributed by atoms with E-state index in [9.17, 15) is 18.0 Å². The third-order valence-corrected chi connectivity index (χ3v) is 13.3. The molecule has 0 aliphatic carbocycles. The van der Waals surface area contributed by atoms with E-state index in [-0.39, 0.29) is 24.6 Å². The van der Waals surface area contributed by atoms with Crippen LogP contribution in [0.15, 0.2) is 72.8 Å². The third kappa shape index (κ3) is 36.2. The number of amides is 1. The average Bonchev–Trinajstić information content (AvgIpc) is 3.33. The molecule has 3 aromatic rings. The minimum absolute atomic E-state index is 0.204. The van der Waals surface area contributed by atoms with Crippen molar-refractivity contribution in [2.24, 2.45) is 0 Å². The summed E-state index contributed by atoms with van der Waals surface area (Å²) in [5.41, 5.74) is 7.07. The number of hydrogen-bond donors (Lipinski definition) is 1. The van der Waals surface area contributed by atoms with Crippen molar-refractivity contribution in [3.8, 4) is 0 Å². The lowest BCUT2D eigenvalue weighted by Crippen LogP contribution is -2.54. The maximum Gasteiger partial charge on any atom is 0.373 e. The van der Waals surface area contributed by atoms with E-state index >= 15 is 0 Å². The second kappa shape index (κ2) is 43.4. The first-order valence-corrected chi connectivity index (χ1v) is 29.7. The zero-order chi connectivity index (χ0) is 51.4. The summed E-state index contributed by atoms with van der Waals surface area (Å²) in [5.74, 6) is -0.545. The highest BCUT2D eigenvalue weighted by molar-refractivity contribution is 14.1. The number of unbranched alkanes of at least 4 members (excludes halogenated alkanes) is 15. The van der Waals surface area contributed by atoms with Crippen molar-refractivity contribution in [2.45, 2.75) is 214 Å². The van der Waals surface area contributed by atoms with Crippen molar-refractivity contribution >= 4 is 50.7 Å². The smallest absolute Gasteiger partial charge is 0.373 e. The van der Waals surface area contributed by atoms with E-state index in [4.69, 9.17) is 18.5 Å². The molecule has 1 atom stereocenters. The van der Waals surface area contributed by atoms with Gasteiger partial charge in [0, 0.05) is 11.4 Å². The Morgan fingerprint density at radius 3 is 1.16 bits per heavy atom. The Kier molecular flexibility index (Phi) is 41.3. The Labute approximate surface area is 434 Å². The Hall–Kier alpha value is -3.38. The van der Waals surface area contributed by atoms with Crippen molar-refractivity contribution < 1.29 is 36.5 Å². The first kappa shape index (κ1) is 65.6. The van der Waals surface area contributed by atoms with Crippen LogP contribution < -0.4 is 5.32 Å². The second-order valence-electron chi connectivity index (χ2n) is 18.1. The molecule has 1 unspecified atom stereocenters. The van der Waals surface area contributed by atoms with Crippen LogP contribution >= 0.6 is 22.6 Å². The summed E-state index contributed by atoms with van der Waals surface area (Å²) in [7, 11) is -3.32. The van der Waals surface area contributed by atoms with Gasteiger partial charge in [0.15, 0.2) is 0 Å². The van der Waals surface area contributed by atoms with Crippen molar-refractivity contribution in [2.75, 3.05) is 23.9 Å². The molecule has 0 fully saturated rings. The fourth-order valence-electron chi connectivity index (χ4n) is 7.96. The van der Waals surface area contributed by atoms with E-state index < -0.39 is 15.7 Å². The van der Waals surface area contributed by atoms with Crippen LogP contribution in [0.4, 0.5) is 0 Å². The molecule has 3 aromatic carbocycles. The summed E-state index contributed by atoms with van der Waals surface area (Å²) in [6, 6.07) is 26.3. The van der Waals surface area contributed by atoms with E-state index in [0.29, 0.717) is 25.9 Å². The fraction of sp³-hybridized carbons (Fsp3) is 0.638. The first-order chi connectivity index (χ1) is 33.3. The summed E-state index contributed by atoms with van der Waals surface area (Å²) in [5, 5.41) is 2.84. The number of hydrogen-bond acceptors (Lipinski definition) is 8. The Morgan fingerprint density at radius 1 is 0.536 bits per heavy atom. The minimum atomic E-state index is -3.32.